The van der Waals surface area contributed by atoms with Crippen molar-refractivity contribution in [3.05, 3.63) is 0 Å². The summed E-state index contributed by atoms with van der Waals surface area (Å²) in [4.78, 5) is 0. The van der Waals surface area contributed by atoms with Crippen LogP contribution in [-0.4, -0.2) is 13.1 Å². The molecule has 1 fully saturated rings. The van der Waals surface area contributed by atoms with Crippen molar-refractivity contribution < 1.29 is 0 Å². The first-order chi connectivity index (χ1) is 8.70. The van der Waals surface area contributed by atoms with E-state index in [0.717, 1.165) is 5.92 Å². The molecule has 108 valence electrons. The van der Waals surface area contributed by atoms with Crippen molar-refractivity contribution >= 4 is 0 Å². The molecule has 0 aliphatic carbocycles. The lowest BCUT2D eigenvalue weighted by Gasteiger charge is -2.38. The predicted octanol–water partition coefficient (Wildman–Crippen LogP) is 5.15. The third-order valence-electron chi connectivity index (χ3n) is 4.67. The summed E-state index contributed by atoms with van der Waals surface area (Å²) in [6, 6.07) is 0. The summed E-state index contributed by atoms with van der Waals surface area (Å²) >= 11 is 0. The van der Waals surface area contributed by atoms with Crippen LogP contribution in [0.2, 0.25) is 0 Å². The highest BCUT2D eigenvalue weighted by molar-refractivity contribution is 4.84. The lowest BCUT2D eigenvalue weighted by molar-refractivity contribution is 0.159. The Balaban J connectivity index is 2.28. The van der Waals surface area contributed by atoms with E-state index in [9.17, 15) is 0 Å². The Kier molecular flexibility index (Phi) is 7.97. The third-order valence-corrected chi connectivity index (χ3v) is 4.67. The number of nitrogens with one attached hydrogen (secondary N) is 1. The zero-order chi connectivity index (χ0) is 13.3. The molecule has 0 amide bonds. The highest BCUT2D eigenvalue weighted by atomic mass is 14.9. The molecule has 1 heteroatoms. The monoisotopic (exact) mass is 253 g/mol. The van der Waals surface area contributed by atoms with Gasteiger partial charge in [0.2, 0.25) is 0 Å². The summed E-state index contributed by atoms with van der Waals surface area (Å²) < 4.78 is 0. The quantitative estimate of drug-likeness (QED) is 0.502. The minimum atomic E-state index is 0.635. The van der Waals surface area contributed by atoms with Crippen LogP contribution in [0.15, 0.2) is 0 Å². The average molecular weight is 253 g/mol. The first kappa shape index (κ1) is 16.0. The number of unbranched alkanes of at least 4 members (excludes halogenated alkanes) is 5. The van der Waals surface area contributed by atoms with Crippen molar-refractivity contribution in [2.24, 2.45) is 11.3 Å². The molecule has 1 nitrogen and oxygen atoms in total. The van der Waals surface area contributed by atoms with Crippen LogP contribution in [0.3, 0.4) is 0 Å². The minimum absolute atomic E-state index is 0.635. The number of hydrogen-bond acceptors (Lipinski definition) is 1. The molecule has 1 rings (SSSR count). The third kappa shape index (κ3) is 6.22. The van der Waals surface area contributed by atoms with Gasteiger partial charge in [0.25, 0.3) is 0 Å². The molecule has 1 N–H and O–H groups in total. The van der Waals surface area contributed by atoms with Gasteiger partial charge in [0.1, 0.15) is 0 Å². The first-order valence-electron chi connectivity index (χ1n) is 8.41. The van der Waals surface area contributed by atoms with Gasteiger partial charge in [-0.25, -0.2) is 0 Å². The number of rotatable bonds is 11. The van der Waals surface area contributed by atoms with Crippen LogP contribution in [0.25, 0.3) is 0 Å². The molecule has 1 aliphatic rings. The second-order valence-electron chi connectivity index (χ2n) is 6.81. The van der Waals surface area contributed by atoms with Crippen molar-refractivity contribution in [2.45, 2.75) is 85.0 Å². The maximum atomic E-state index is 3.43. The van der Waals surface area contributed by atoms with Gasteiger partial charge in [-0.2, -0.15) is 0 Å². The predicted molar refractivity (Wildman–Crippen MR) is 82.0 cm³/mol. The summed E-state index contributed by atoms with van der Waals surface area (Å²) in [5, 5.41) is 3.43. The van der Waals surface area contributed by atoms with E-state index < -0.39 is 0 Å². The van der Waals surface area contributed by atoms with Gasteiger partial charge in [0.05, 0.1) is 0 Å². The van der Waals surface area contributed by atoms with Gasteiger partial charge >= 0.3 is 0 Å². The van der Waals surface area contributed by atoms with Crippen molar-refractivity contribution in [2.75, 3.05) is 13.1 Å². The van der Waals surface area contributed by atoms with Gasteiger partial charge in [0, 0.05) is 0 Å². The number of hydrogen-bond donors (Lipinski definition) is 1. The standard InChI is InChI=1S/C17H35N/c1-4-6-8-10-12-17(3,11-9-7-5-2)13-16-14-18-15-16/h16,18H,4-15H2,1-3H3. The molecule has 0 aromatic heterocycles. The Labute approximate surface area is 115 Å². The fourth-order valence-electron chi connectivity index (χ4n) is 3.30. The SMILES string of the molecule is CCCCCCC(C)(CCCCC)CC1CNC1. The fourth-order valence-corrected chi connectivity index (χ4v) is 3.30. The zero-order valence-corrected chi connectivity index (χ0v) is 13.1. The Morgan fingerprint density at radius 1 is 0.889 bits per heavy atom. The van der Waals surface area contributed by atoms with Crippen LogP contribution >= 0.6 is 0 Å². The summed E-state index contributed by atoms with van der Waals surface area (Å²) in [6.07, 6.45) is 14.3. The Morgan fingerprint density at radius 2 is 1.44 bits per heavy atom. The zero-order valence-electron chi connectivity index (χ0n) is 13.1. The van der Waals surface area contributed by atoms with E-state index in [1.54, 1.807) is 0 Å². The Morgan fingerprint density at radius 3 is 1.94 bits per heavy atom. The van der Waals surface area contributed by atoms with Crippen molar-refractivity contribution in [1.29, 1.82) is 0 Å². The summed E-state index contributed by atoms with van der Waals surface area (Å²) in [5.41, 5.74) is 0.635. The van der Waals surface area contributed by atoms with Gasteiger partial charge in [-0.1, -0.05) is 65.7 Å². The highest BCUT2D eigenvalue weighted by Gasteiger charge is 2.29. The fraction of sp³-hybridized carbons (Fsp3) is 1.00. The average Bonchev–Trinajstić information content (AvgIpc) is 2.31. The first-order valence-corrected chi connectivity index (χ1v) is 8.41. The van der Waals surface area contributed by atoms with E-state index in [0.29, 0.717) is 5.41 Å². The molecule has 0 spiro atoms. The largest absolute Gasteiger partial charge is 0.316 e. The van der Waals surface area contributed by atoms with E-state index in [4.69, 9.17) is 0 Å². The van der Waals surface area contributed by atoms with Gasteiger partial charge in [0.15, 0.2) is 0 Å². The molecular weight excluding hydrogens is 218 g/mol. The lowest BCUT2D eigenvalue weighted by Crippen LogP contribution is -2.44. The molecule has 0 bridgehead atoms. The maximum absolute atomic E-state index is 3.43. The van der Waals surface area contributed by atoms with Gasteiger partial charge < -0.3 is 5.32 Å². The van der Waals surface area contributed by atoms with Crippen molar-refractivity contribution in [3.8, 4) is 0 Å². The molecule has 1 saturated heterocycles. The van der Waals surface area contributed by atoms with Crippen LogP contribution in [0.5, 0.6) is 0 Å². The second kappa shape index (κ2) is 8.96. The smallest absolute Gasteiger partial charge is 0.000805 e. The molecule has 1 aliphatic heterocycles. The Hall–Kier alpha value is -0.0400. The molecule has 0 saturated carbocycles. The van der Waals surface area contributed by atoms with E-state index in [1.807, 2.05) is 0 Å². The molecule has 18 heavy (non-hydrogen) atoms. The van der Waals surface area contributed by atoms with E-state index in [2.05, 4.69) is 26.1 Å². The van der Waals surface area contributed by atoms with Crippen LogP contribution in [0.1, 0.15) is 85.0 Å². The van der Waals surface area contributed by atoms with Crippen LogP contribution < -0.4 is 5.32 Å². The molecule has 1 atom stereocenters. The Bertz CT molecular complexity index is 198. The normalized spacial score (nSPS) is 19.5. The topological polar surface area (TPSA) is 12.0 Å². The molecule has 0 aromatic carbocycles. The highest BCUT2D eigenvalue weighted by Crippen LogP contribution is 2.38. The van der Waals surface area contributed by atoms with E-state index in [1.165, 1.54) is 77.3 Å². The van der Waals surface area contributed by atoms with E-state index >= 15 is 0 Å². The van der Waals surface area contributed by atoms with Crippen LogP contribution in [-0.2, 0) is 0 Å². The van der Waals surface area contributed by atoms with Gasteiger partial charge in [-0.15, -0.1) is 0 Å². The van der Waals surface area contributed by atoms with Gasteiger partial charge in [-0.3, -0.25) is 0 Å². The van der Waals surface area contributed by atoms with Crippen LogP contribution in [0, 0.1) is 11.3 Å². The van der Waals surface area contributed by atoms with Crippen LogP contribution in [0.4, 0.5) is 0 Å². The summed E-state index contributed by atoms with van der Waals surface area (Å²) in [5.74, 6) is 0.975. The minimum Gasteiger partial charge on any atom is -0.316 e. The molecule has 1 heterocycles. The second-order valence-corrected chi connectivity index (χ2v) is 6.81. The van der Waals surface area contributed by atoms with Crippen molar-refractivity contribution in [3.63, 3.8) is 0 Å². The summed E-state index contributed by atoms with van der Waals surface area (Å²) in [6.45, 7) is 9.73. The molecular formula is C17H35N. The van der Waals surface area contributed by atoms with Crippen molar-refractivity contribution in [1.82, 2.24) is 5.32 Å². The molecule has 0 aromatic rings. The summed E-state index contributed by atoms with van der Waals surface area (Å²) in [7, 11) is 0. The molecule has 1 unspecified atom stereocenters. The molecule has 0 radical (unpaired) electrons. The van der Waals surface area contributed by atoms with Gasteiger partial charge in [-0.05, 0) is 43.7 Å². The maximum Gasteiger partial charge on any atom is -0.000805 e. The lowest BCUT2D eigenvalue weighted by atomic mass is 9.72. The van der Waals surface area contributed by atoms with E-state index in [-0.39, 0.29) is 0 Å².